The first-order valence-electron chi connectivity index (χ1n) is 5.80. The van der Waals surface area contributed by atoms with Crippen molar-refractivity contribution in [2.45, 2.75) is 32.9 Å². The molecule has 1 amide bonds. The SMILES string of the molecule is CC(C)NC(=O)COc1ccc([C@@H](C)O)cc1Cl. The summed E-state index contributed by atoms with van der Waals surface area (Å²) in [6.45, 7) is 5.33. The number of aliphatic hydroxyl groups is 1. The molecule has 0 saturated carbocycles. The van der Waals surface area contributed by atoms with Crippen LogP contribution in [0.2, 0.25) is 5.02 Å². The Hall–Kier alpha value is -1.26. The zero-order valence-electron chi connectivity index (χ0n) is 10.7. The van der Waals surface area contributed by atoms with Crippen LogP contribution in [0, 0.1) is 0 Å². The van der Waals surface area contributed by atoms with E-state index in [4.69, 9.17) is 16.3 Å². The van der Waals surface area contributed by atoms with Crippen molar-refractivity contribution in [1.29, 1.82) is 0 Å². The number of amides is 1. The van der Waals surface area contributed by atoms with Crippen LogP contribution in [0.5, 0.6) is 5.75 Å². The molecule has 0 saturated heterocycles. The highest BCUT2D eigenvalue weighted by molar-refractivity contribution is 6.32. The molecule has 100 valence electrons. The highest BCUT2D eigenvalue weighted by Gasteiger charge is 2.09. The molecule has 0 aliphatic rings. The van der Waals surface area contributed by atoms with E-state index in [1.54, 1.807) is 25.1 Å². The number of rotatable bonds is 5. The molecule has 0 aliphatic carbocycles. The van der Waals surface area contributed by atoms with Crippen LogP contribution in [0.4, 0.5) is 0 Å². The number of ether oxygens (including phenoxy) is 1. The van der Waals surface area contributed by atoms with Crippen LogP contribution in [-0.2, 0) is 4.79 Å². The quantitative estimate of drug-likeness (QED) is 0.864. The molecule has 0 fully saturated rings. The fourth-order valence-electron chi connectivity index (χ4n) is 1.40. The van der Waals surface area contributed by atoms with E-state index < -0.39 is 6.10 Å². The summed E-state index contributed by atoms with van der Waals surface area (Å²) in [4.78, 5) is 11.4. The number of hydrogen-bond acceptors (Lipinski definition) is 3. The van der Waals surface area contributed by atoms with Crippen LogP contribution in [0.1, 0.15) is 32.4 Å². The van der Waals surface area contributed by atoms with Gasteiger partial charge in [-0.3, -0.25) is 4.79 Å². The second-order valence-corrected chi connectivity index (χ2v) is 4.78. The molecule has 0 spiro atoms. The van der Waals surface area contributed by atoms with Crippen LogP contribution in [-0.4, -0.2) is 23.7 Å². The van der Waals surface area contributed by atoms with Gasteiger partial charge in [-0.05, 0) is 38.5 Å². The smallest absolute Gasteiger partial charge is 0.258 e. The van der Waals surface area contributed by atoms with Crippen molar-refractivity contribution in [2.75, 3.05) is 6.61 Å². The van der Waals surface area contributed by atoms with Crippen molar-refractivity contribution in [3.63, 3.8) is 0 Å². The topological polar surface area (TPSA) is 58.6 Å². The van der Waals surface area contributed by atoms with E-state index >= 15 is 0 Å². The largest absolute Gasteiger partial charge is 0.482 e. The standard InChI is InChI=1S/C13H18ClNO3/c1-8(2)15-13(17)7-18-12-5-4-10(9(3)16)6-11(12)14/h4-6,8-9,16H,7H2,1-3H3,(H,15,17)/t9-/m1/s1. The van der Waals surface area contributed by atoms with Gasteiger partial charge in [-0.25, -0.2) is 0 Å². The van der Waals surface area contributed by atoms with Gasteiger partial charge in [0.25, 0.3) is 5.91 Å². The predicted octanol–water partition coefficient (Wildman–Crippen LogP) is 2.30. The average molecular weight is 272 g/mol. The minimum atomic E-state index is -0.583. The first-order chi connectivity index (χ1) is 8.40. The van der Waals surface area contributed by atoms with Gasteiger partial charge in [-0.1, -0.05) is 17.7 Å². The van der Waals surface area contributed by atoms with E-state index in [-0.39, 0.29) is 18.6 Å². The van der Waals surface area contributed by atoms with Crippen LogP contribution in [0.3, 0.4) is 0 Å². The highest BCUT2D eigenvalue weighted by atomic mass is 35.5. The fraction of sp³-hybridized carbons (Fsp3) is 0.462. The van der Waals surface area contributed by atoms with Crippen LogP contribution >= 0.6 is 11.6 Å². The maximum atomic E-state index is 11.4. The van der Waals surface area contributed by atoms with Gasteiger partial charge < -0.3 is 15.2 Å². The van der Waals surface area contributed by atoms with E-state index in [0.29, 0.717) is 16.3 Å². The molecule has 1 atom stereocenters. The molecule has 0 unspecified atom stereocenters. The first kappa shape index (κ1) is 14.8. The molecule has 1 aromatic carbocycles. The minimum Gasteiger partial charge on any atom is -0.482 e. The van der Waals surface area contributed by atoms with Crippen molar-refractivity contribution in [1.82, 2.24) is 5.32 Å². The molecule has 1 rings (SSSR count). The fourth-order valence-corrected chi connectivity index (χ4v) is 1.64. The lowest BCUT2D eigenvalue weighted by atomic mass is 10.1. The Bertz CT molecular complexity index is 419. The number of nitrogens with one attached hydrogen (secondary N) is 1. The summed E-state index contributed by atoms with van der Waals surface area (Å²) < 4.78 is 5.31. The van der Waals surface area contributed by atoms with E-state index in [1.807, 2.05) is 13.8 Å². The van der Waals surface area contributed by atoms with E-state index in [1.165, 1.54) is 0 Å². The van der Waals surface area contributed by atoms with Crippen molar-refractivity contribution < 1.29 is 14.6 Å². The summed E-state index contributed by atoms with van der Waals surface area (Å²) in [6, 6.07) is 5.07. The third-order valence-corrected chi connectivity index (χ3v) is 2.54. The second-order valence-electron chi connectivity index (χ2n) is 4.38. The zero-order chi connectivity index (χ0) is 13.7. The van der Waals surface area contributed by atoms with Crippen molar-refractivity contribution in [3.05, 3.63) is 28.8 Å². The van der Waals surface area contributed by atoms with Gasteiger partial charge in [0.05, 0.1) is 11.1 Å². The van der Waals surface area contributed by atoms with E-state index in [9.17, 15) is 9.90 Å². The highest BCUT2D eigenvalue weighted by Crippen LogP contribution is 2.27. The van der Waals surface area contributed by atoms with Gasteiger partial charge in [-0.15, -0.1) is 0 Å². The Balaban J connectivity index is 2.60. The Morgan fingerprint density at radius 3 is 2.61 bits per heavy atom. The molecule has 0 heterocycles. The Labute approximate surface area is 112 Å². The lowest BCUT2D eigenvalue weighted by Crippen LogP contribution is -2.34. The minimum absolute atomic E-state index is 0.0775. The van der Waals surface area contributed by atoms with Crippen LogP contribution < -0.4 is 10.1 Å². The number of carbonyl (C=O) groups excluding carboxylic acids is 1. The summed E-state index contributed by atoms with van der Waals surface area (Å²) in [5, 5.41) is 12.5. The number of halogens is 1. The van der Waals surface area contributed by atoms with Crippen molar-refractivity contribution >= 4 is 17.5 Å². The summed E-state index contributed by atoms with van der Waals surface area (Å²) in [7, 11) is 0. The molecule has 0 radical (unpaired) electrons. The zero-order valence-corrected chi connectivity index (χ0v) is 11.5. The van der Waals surface area contributed by atoms with Crippen LogP contribution in [0.25, 0.3) is 0 Å². The summed E-state index contributed by atoms with van der Waals surface area (Å²) in [5.41, 5.74) is 0.707. The first-order valence-corrected chi connectivity index (χ1v) is 6.17. The molecule has 0 aromatic heterocycles. The molecule has 5 heteroatoms. The second kappa shape index (κ2) is 6.61. The summed E-state index contributed by atoms with van der Waals surface area (Å²) >= 11 is 5.99. The Morgan fingerprint density at radius 1 is 1.44 bits per heavy atom. The van der Waals surface area contributed by atoms with E-state index in [0.717, 1.165) is 0 Å². The number of hydrogen-bond donors (Lipinski definition) is 2. The van der Waals surface area contributed by atoms with Crippen molar-refractivity contribution in [2.24, 2.45) is 0 Å². The molecular formula is C13H18ClNO3. The van der Waals surface area contributed by atoms with Gasteiger partial charge in [0, 0.05) is 6.04 Å². The molecule has 0 aliphatic heterocycles. The summed E-state index contributed by atoms with van der Waals surface area (Å²) in [5.74, 6) is 0.237. The maximum absolute atomic E-state index is 11.4. The number of aliphatic hydroxyl groups excluding tert-OH is 1. The monoisotopic (exact) mass is 271 g/mol. The normalized spacial score (nSPS) is 12.3. The van der Waals surface area contributed by atoms with Gasteiger partial charge in [0.2, 0.25) is 0 Å². The molecule has 2 N–H and O–H groups in total. The van der Waals surface area contributed by atoms with Gasteiger partial charge in [0.15, 0.2) is 6.61 Å². The molecule has 18 heavy (non-hydrogen) atoms. The predicted molar refractivity (Wildman–Crippen MR) is 70.9 cm³/mol. The van der Waals surface area contributed by atoms with E-state index in [2.05, 4.69) is 5.32 Å². The lowest BCUT2D eigenvalue weighted by Gasteiger charge is -2.12. The maximum Gasteiger partial charge on any atom is 0.258 e. The molecule has 4 nitrogen and oxygen atoms in total. The van der Waals surface area contributed by atoms with Gasteiger partial charge in [0.1, 0.15) is 5.75 Å². The third-order valence-electron chi connectivity index (χ3n) is 2.25. The van der Waals surface area contributed by atoms with Gasteiger partial charge in [-0.2, -0.15) is 0 Å². The lowest BCUT2D eigenvalue weighted by molar-refractivity contribution is -0.123. The van der Waals surface area contributed by atoms with Gasteiger partial charge >= 0.3 is 0 Å². The Morgan fingerprint density at radius 2 is 2.11 bits per heavy atom. The third kappa shape index (κ3) is 4.55. The number of benzene rings is 1. The molecule has 0 bridgehead atoms. The van der Waals surface area contributed by atoms with Crippen LogP contribution in [0.15, 0.2) is 18.2 Å². The molecular weight excluding hydrogens is 254 g/mol. The number of carbonyl (C=O) groups is 1. The summed E-state index contributed by atoms with van der Waals surface area (Å²) in [6.07, 6.45) is -0.583. The Kier molecular flexibility index (Phi) is 5.44. The average Bonchev–Trinajstić information content (AvgIpc) is 2.26. The molecule has 1 aromatic rings. The van der Waals surface area contributed by atoms with Crippen molar-refractivity contribution in [3.8, 4) is 5.75 Å².